The fraction of sp³-hybridized carbons (Fsp3) is 0.412. The van der Waals surface area contributed by atoms with Crippen molar-refractivity contribution in [3.05, 3.63) is 42.2 Å². The van der Waals surface area contributed by atoms with E-state index >= 15 is 0 Å². The van der Waals surface area contributed by atoms with E-state index in [9.17, 15) is 0 Å². The zero-order valence-electron chi connectivity index (χ0n) is 13.0. The first-order valence-corrected chi connectivity index (χ1v) is 7.49. The number of hydrogen-bond donors (Lipinski definition) is 0. The van der Waals surface area contributed by atoms with Gasteiger partial charge in [-0.25, -0.2) is 9.97 Å². The monoisotopic (exact) mass is 299 g/mol. The zero-order chi connectivity index (χ0) is 15.4. The first kappa shape index (κ1) is 14.9. The van der Waals surface area contributed by atoms with Gasteiger partial charge in [0, 0.05) is 50.3 Å². The Balaban J connectivity index is 1.64. The molecule has 2 aromatic rings. The minimum atomic E-state index is 0.361. The van der Waals surface area contributed by atoms with E-state index in [2.05, 4.69) is 14.9 Å². The summed E-state index contributed by atoms with van der Waals surface area (Å²) in [7, 11) is 3.44. The minimum absolute atomic E-state index is 0.361. The molecule has 0 bridgehead atoms. The van der Waals surface area contributed by atoms with Crippen LogP contribution in [0.25, 0.3) is 11.4 Å². The standard InChI is InChI=1S/C17H21N3O2/c1-21-15-5-3-14(4-6-15)17-18-9-13(10-19-17)11-20-8-7-16(12-20)22-2/h3-6,9-10,16H,7-8,11-12H2,1-2H3/t16-/m0/s1. The Morgan fingerprint density at radius 2 is 1.86 bits per heavy atom. The van der Waals surface area contributed by atoms with Gasteiger partial charge in [0.1, 0.15) is 5.75 Å². The van der Waals surface area contributed by atoms with Gasteiger partial charge in [0.2, 0.25) is 0 Å². The number of methoxy groups -OCH3 is 2. The molecule has 0 N–H and O–H groups in total. The van der Waals surface area contributed by atoms with Crippen LogP contribution in [-0.2, 0) is 11.3 Å². The van der Waals surface area contributed by atoms with Crippen molar-refractivity contribution < 1.29 is 9.47 Å². The van der Waals surface area contributed by atoms with Crippen LogP contribution in [0.2, 0.25) is 0 Å². The molecule has 116 valence electrons. The molecular weight excluding hydrogens is 278 g/mol. The van der Waals surface area contributed by atoms with Gasteiger partial charge < -0.3 is 9.47 Å². The lowest BCUT2D eigenvalue weighted by atomic mass is 10.2. The molecule has 1 aromatic heterocycles. The summed E-state index contributed by atoms with van der Waals surface area (Å²) in [6.45, 7) is 2.93. The van der Waals surface area contributed by atoms with Crippen LogP contribution in [-0.4, -0.2) is 48.3 Å². The Hall–Kier alpha value is -1.98. The van der Waals surface area contributed by atoms with Crippen molar-refractivity contribution >= 4 is 0 Å². The summed E-state index contributed by atoms with van der Waals surface area (Å²) in [6.07, 6.45) is 5.28. The Bertz CT molecular complexity index is 598. The van der Waals surface area contributed by atoms with Gasteiger partial charge in [-0.1, -0.05) is 0 Å². The second-order valence-electron chi connectivity index (χ2n) is 5.52. The van der Waals surface area contributed by atoms with Crippen molar-refractivity contribution in [1.82, 2.24) is 14.9 Å². The molecule has 0 radical (unpaired) electrons. The Labute approximate surface area is 130 Å². The molecule has 0 saturated carbocycles. The highest BCUT2D eigenvalue weighted by atomic mass is 16.5. The lowest BCUT2D eigenvalue weighted by Crippen LogP contribution is -2.22. The third-order valence-corrected chi connectivity index (χ3v) is 4.02. The van der Waals surface area contributed by atoms with E-state index in [1.807, 2.05) is 36.7 Å². The highest BCUT2D eigenvalue weighted by Gasteiger charge is 2.21. The molecule has 0 amide bonds. The number of nitrogens with zero attached hydrogens (tertiary/aromatic N) is 3. The first-order chi connectivity index (χ1) is 10.8. The van der Waals surface area contributed by atoms with Crippen LogP contribution in [0.15, 0.2) is 36.7 Å². The normalized spacial score (nSPS) is 18.5. The molecule has 22 heavy (non-hydrogen) atoms. The fourth-order valence-electron chi connectivity index (χ4n) is 2.72. The van der Waals surface area contributed by atoms with Crippen LogP contribution in [0.5, 0.6) is 5.75 Å². The van der Waals surface area contributed by atoms with Gasteiger partial charge >= 0.3 is 0 Å². The number of likely N-dealkylation sites (tertiary alicyclic amines) is 1. The molecule has 5 heteroatoms. The molecule has 0 spiro atoms. The summed E-state index contributed by atoms with van der Waals surface area (Å²) in [4.78, 5) is 11.3. The maximum atomic E-state index is 5.39. The van der Waals surface area contributed by atoms with Crippen LogP contribution < -0.4 is 4.74 Å². The van der Waals surface area contributed by atoms with E-state index in [0.29, 0.717) is 6.10 Å². The molecule has 1 saturated heterocycles. The third kappa shape index (κ3) is 3.43. The van der Waals surface area contributed by atoms with Gasteiger partial charge in [-0.15, -0.1) is 0 Å². The number of hydrogen-bond acceptors (Lipinski definition) is 5. The van der Waals surface area contributed by atoms with Gasteiger partial charge in [-0.05, 0) is 30.7 Å². The van der Waals surface area contributed by atoms with Gasteiger partial charge in [-0.3, -0.25) is 4.90 Å². The molecule has 1 fully saturated rings. The number of rotatable bonds is 5. The lowest BCUT2D eigenvalue weighted by molar-refractivity contribution is 0.107. The smallest absolute Gasteiger partial charge is 0.159 e. The molecule has 0 unspecified atom stereocenters. The van der Waals surface area contributed by atoms with Crippen molar-refractivity contribution in [2.75, 3.05) is 27.3 Å². The summed E-state index contributed by atoms with van der Waals surface area (Å²) < 4.78 is 10.6. The molecule has 1 aromatic carbocycles. The fourth-order valence-corrected chi connectivity index (χ4v) is 2.72. The first-order valence-electron chi connectivity index (χ1n) is 7.49. The predicted molar refractivity (Wildman–Crippen MR) is 84.7 cm³/mol. The quantitative estimate of drug-likeness (QED) is 0.848. The van der Waals surface area contributed by atoms with Gasteiger partial charge in [0.05, 0.1) is 13.2 Å². The molecule has 2 heterocycles. The van der Waals surface area contributed by atoms with Crippen LogP contribution >= 0.6 is 0 Å². The van der Waals surface area contributed by atoms with Crippen LogP contribution in [0.4, 0.5) is 0 Å². The van der Waals surface area contributed by atoms with Gasteiger partial charge in [0.15, 0.2) is 5.82 Å². The van der Waals surface area contributed by atoms with Crippen molar-refractivity contribution in [2.24, 2.45) is 0 Å². The molecule has 1 atom stereocenters. The summed E-state index contributed by atoms with van der Waals surface area (Å²) in [6, 6.07) is 7.78. The van der Waals surface area contributed by atoms with Crippen molar-refractivity contribution in [2.45, 2.75) is 19.1 Å². The second-order valence-corrected chi connectivity index (χ2v) is 5.52. The highest BCUT2D eigenvalue weighted by Crippen LogP contribution is 2.19. The maximum absolute atomic E-state index is 5.39. The molecule has 0 aliphatic carbocycles. The molecule has 5 nitrogen and oxygen atoms in total. The average Bonchev–Trinajstić information content (AvgIpc) is 3.03. The van der Waals surface area contributed by atoms with E-state index < -0.39 is 0 Å². The Morgan fingerprint density at radius 3 is 2.45 bits per heavy atom. The third-order valence-electron chi connectivity index (χ3n) is 4.02. The van der Waals surface area contributed by atoms with Crippen LogP contribution in [0, 0.1) is 0 Å². The number of aromatic nitrogens is 2. The van der Waals surface area contributed by atoms with E-state index in [1.54, 1.807) is 14.2 Å². The highest BCUT2D eigenvalue weighted by molar-refractivity contribution is 5.55. The molecule has 1 aliphatic heterocycles. The topological polar surface area (TPSA) is 47.5 Å². The maximum Gasteiger partial charge on any atom is 0.159 e. The zero-order valence-corrected chi connectivity index (χ0v) is 13.0. The Morgan fingerprint density at radius 1 is 1.14 bits per heavy atom. The van der Waals surface area contributed by atoms with Crippen molar-refractivity contribution in [3.63, 3.8) is 0 Å². The molecule has 3 rings (SSSR count). The summed E-state index contributed by atoms with van der Waals surface area (Å²) in [5.74, 6) is 1.57. The van der Waals surface area contributed by atoms with Crippen LogP contribution in [0.3, 0.4) is 0 Å². The largest absolute Gasteiger partial charge is 0.497 e. The summed E-state index contributed by atoms with van der Waals surface area (Å²) >= 11 is 0. The van der Waals surface area contributed by atoms with Gasteiger partial charge in [-0.2, -0.15) is 0 Å². The van der Waals surface area contributed by atoms with Gasteiger partial charge in [0.25, 0.3) is 0 Å². The second kappa shape index (κ2) is 6.85. The molecular formula is C17H21N3O2. The summed E-state index contributed by atoms with van der Waals surface area (Å²) in [5, 5.41) is 0. The minimum Gasteiger partial charge on any atom is -0.497 e. The average molecular weight is 299 g/mol. The van der Waals surface area contributed by atoms with E-state index in [4.69, 9.17) is 9.47 Å². The van der Waals surface area contributed by atoms with E-state index in [0.717, 1.165) is 48.8 Å². The number of ether oxygens (including phenoxy) is 2. The SMILES string of the molecule is COc1ccc(-c2ncc(CN3CC[C@H](OC)C3)cn2)cc1. The van der Waals surface area contributed by atoms with Crippen molar-refractivity contribution in [1.29, 1.82) is 0 Å². The van der Waals surface area contributed by atoms with E-state index in [-0.39, 0.29) is 0 Å². The number of benzene rings is 1. The van der Waals surface area contributed by atoms with E-state index in [1.165, 1.54) is 0 Å². The summed E-state index contributed by atoms with van der Waals surface area (Å²) in [5.41, 5.74) is 2.13. The lowest BCUT2D eigenvalue weighted by Gasteiger charge is -2.15. The Kier molecular flexibility index (Phi) is 4.65. The van der Waals surface area contributed by atoms with Crippen molar-refractivity contribution in [3.8, 4) is 17.1 Å². The molecule has 1 aliphatic rings. The predicted octanol–water partition coefficient (Wildman–Crippen LogP) is 2.37. The van der Waals surface area contributed by atoms with Crippen LogP contribution in [0.1, 0.15) is 12.0 Å².